The molecule has 0 spiro atoms. The van der Waals surface area contributed by atoms with Crippen LogP contribution in [0.5, 0.6) is 5.75 Å². The molecule has 0 aliphatic carbocycles. The normalized spacial score (nSPS) is 16.3. The van der Waals surface area contributed by atoms with Gasteiger partial charge >= 0.3 is 0 Å². The van der Waals surface area contributed by atoms with E-state index < -0.39 is 91.0 Å². The molecule has 0 amide bonds. The fourth-order valence-electron chi connectivity index (χ4n) is 8.13. The van der Waals surface area contributed by atoms with Crippen molar-refractivity contribution in [3.05, 3.63) is 192 Å². The van der Waals surface area contributed by atoms with Crippen molar-refractivity contribution < 1.29 is 49.5 Å². The number of phenolic OH excluding ortho intramolecular Hbond substituents is 1. The predicted octanol–water partition coefficient (Wildman–Crippen LogP) is 16.3. The second kappa shape index (κ2) is 18.1. The number of rotatable bonds is 8. The Morgan fingerprint density at radius 1 is 0.667 bits per heavy atom. The van der Waals surface area contributed by atoms with Gasteiger partial charge in [0.05, 0.1) is 31.9 Å². The first-order valence-electron chi connectivity index (χ1n) is 29.8. The largest absolute Gasteiger partial charge is 0.507 e. The molecule has 0 radical (unpaired) electrons. The number of imidazole rings is 1. The Bertz CT molecular complexity index is 3960. The molecule has 2 heterocycles. The van der Waals surface area contributed by atoms with E-state index in [4.69, 9.17) is 24.2 Å². The van der Waals surface area contributed by atoms with Gasteiger partial charge in [0.15, 0.2) is 0 Å². The van der Waals surface area contributed by atoms with E-state index in [2.05, 4.69) is 56.1 Å². The molecule has 0 saturated carbocycles. The number of benzene rings is 7. The molecular weight excluding hydrogens is 986 g/mol. The van der Waals surface area contributed by atoms with Gasteiger partial charge in [-0.2, -0.15) is 0 Å². The Labute approximate surface area is 429 Å². The number of fused-ring (bicyclic) bond motifs is 1. The van der Waals surface area contributed by atoms with Crippen LogP contribution in [0.15, 0.2) is 158 Å². The smallest absolute Gasteiger partial charge is 0.148 e. The fourth-order valence-corrected chi connectivity index (χ4v) is 8.13. The molecule has 0 fully saturated rings. The zero-order valence-corrected chi connectivity index (χ0v) is 39.8. The van der Waals surface area contributed by atoms with Gasteiger partial charge in [-0.05, 0) is 111 Å². The molecule has 334 valence electrons. The number of pyridine rings is 1. The van der Waals surface area contributed by atoms with E-state index in [0.717, 1.165) is 27.8 Å². The Hall–Kier alpha value is -6.35. The van der Waals surface area contributed by atoms with E-state index in [1.54, 1.807) is 6.07 Å². The number of aromatic nitrogens is 3. The van der Waals surface area contributed by atoms with Crippen LogP contribution >= 0.6 is 0 Å². The first kappa shape index (κ1) is 29.3. The van der Waals surface area contributed by atoms with Crippen LogP contribution in [-0.2, 0) is 31.9 Å². The van der Waals surface area contributed by atoms with Crippen molar-refractivity contribution in [3.63, 3.8) is 0 Å². The summed E-state index contributed by atoms with van der Waals surface area (Å²) in [5.74, 6) is -0.573. The zero-order chi connectivity index (χ0) is 60.3. The molecule has 1 N–H and O–H groups in total. The molecule has 0 unspecified atom stereocenters. The molecule has 0 saturated heterocycles. The summed E-state index contributed by atoms with van der Waals surface area (Å²) in [7, 11) is 0. The van der Waals surface area contributed by atoms with E-state index in [1.807, 2.05) is 117 Å². The minimum Gasteiger partial charge on any atom is -0.507 e. The van der Waals surface area contributed by atoms with Gasteiger partial charge in [0.1, 0.15) is 11.6 Å². The van der Waals surface area contributed by atoms with Crippen LogP contribution < -0.4 is 0 Å². The molecule has 0 aliphatic heterocycles. The minimum atomic E-state index is -3.94. The zero-order valence-electron chi connectivity index (χ0n) is 54.6. The summed E-state index contributed by atoms with van der Waals surface area (Å²) in [6.45, 7) is 2.00. The average molecular weight is 1060 g/mol. The monoisotopic (exact) mass is 1060 g/mol. The topological polar surface area (TPSA) is 50.9 Å². The Morgan fingerprint density at radius 2 is 1.39 bits per heavy atom. The van der Waals surface area contributed by atoms with Gasteiger partial charge in [-0.15, -0.1) is 23.8 Å². The number of para-hydroxylation sites is 1. The molecule has 0 atom stereocenters. The summed E-state index contributed by atoms with van der Waals surface area (Å²) < 4.78 is 150. The summed E-state index contributed by atoms with van der Waals surface area (Å²) in [4.78, 5) is 9.78. The van der Waals surface area contributed by atoms with E-state index in [0.29, 0.717) is 55.9 Å². The van der Waals surface area contributed by atoms with Gasteiger partial charge in [-0.1, -0.05) is 181 Å². The van der Waals surface area contributed by atoms with Gasteiger partial charge < -0.3 is 5.11 Å². The van der Waals surface area contributed by atoms with Crippen molar-refractivity contribution in [2.75, 3.05) is 0 Å². The molecule has 9 rings (SSSR count). The third-order valence-electron chi connectivity index (χ3n) is 11.6. The quantitative estimate of drug-likeness (QED) is 0.154. The SMILES string of the molecule is [2H]c1nc(-c2[c-]c(-c3cccc4c3nc(-c3cc(C)cc(C)c3O)n4-c3ccc(C([2H])(C)C)cc3-c3ccc(C(C)(C)C)cc3)cc(-c3ccccc3)c2)c([2H])c(-c2c([2H])c([2H])c(C(C([2H])([2H])[2H])(C([2H])([2H])[2H])C([2H])([2H])[2H])c([2H])c2[2H])c1[2H].[Pt]. The maximum absolute atomic E-state index is 12.0. The van der Waals surface area contributed by atoms with E-state index in [1.165, 1.54) is 0 Å². The number of hydrogen-bond donors (Lipinski definition) is 1. The van der Waals surface area contributed by atoms with Crippen LogP contribution in [0.2, 0.25) is 0 Å². The molecular formula is C61H58N3OPt-. The first-order valence-corrected chi connectivity index (χ1v) is 21.3. The number of hydrogen-bond acceptors (Lipinski definition) is 3. The van der Waals surface area contributed by atoms with Crippen molar-refractivity contribution in [1.82, 2.24) is 14.5 Å². The second-order valence-electron chi connectivity index (χ2n) is 17.7. The molecule has 0 aliphatic rings. The van der Waals surface area contributed by atoms with E-state index in [9.17, 15) is 9.22 Å². The molecule has 4 nitrogen and oxygen atoms in total. The second-order valence-corrected chi connectivity index (χ2v) is 17.7. The van der Waals surface area contributed by atoms with Crippen LogP contribution in [0.1, 0.15) is 112 Å². The van der Waals surface area contributed by atoms with Crippen LogP contribution in [-0.4, -0.2) is 19.6 Å². The van der Waals surface area contributed by atoms with E-state index in [-0.39, 0.29) is 43.5 Å². The molecule has 5 heteroatoms. The Kier molecular flexibility index (Phi) is 8.06. The van der Waals surface area contributed by atoms with E-state index >= 15 is 0 Å². The Balaban J connectivity index is 0.00000900. The van der Waals surface area contributed by atoms with Crippen LogP contribution in [0.3, 0.4) is 0 Å². The van der Waals surface area contributed by atoms with Crippen LogP contribution in [0.4, 0.5) is 0 Å². The summed E-state index contributed by atoms with van der Waals surface area (Å²) in [6.07, 6.45) is -0.772. The molecule has 7 aromatic carbocycles. The molecule has 9 aromatic rings. The van der Waals surface area contributed by atoms with Gasteiger partial charge in [-0.3, -0.25) is 9.55 Å². The Morgan fingerprint density at radius 3 is 2.09 bits per heavy atom. The molecule has 0 bridgehead atoms. The van der Waals surface area contributed by atoms with Gasteiger partial charge in [0.2, 0.25) is 0 Å². The van der Waals surface area contributed by atoms with Gasteiger partial charge in [0, 0.05) is 52.2 Å². The van der Waals surface area contributed by atoms with Gasteiger partial charge in [0.25, 0.3) is 0 Å². The number of nitrogens with zero attached hydrogens (tertiary/aromatic N) is 3. The minimum absolute atomic E-state index is 0. The fraction of sp³-hybridized carbons (Fsp3) is 0.213. The van der Waals surface area contributed by atoms with Crippen LogP contribution in [0, 0.1) is 19.9 Å². The summed E-state index contributed by atoms with van der Waals surface area (Å²) in [6, 6.07) is 33.2. The third kappa shape index (κ3) is 9.09. The van der Waals surface area contributed by atoms with Gasteiger partial charge in [-0.25, -0.2) is 4.98 Å². The average Bonchev–Trinajstić information content (AvgIpc) is 3.92. The van der Waals surface area contributed by atoms with Crippen molar-refractivity contribution in [2.24, 2.45) is 0 Å². The predicted molar refractivity (Wildman–Crippen MR) is 273 cm³/mol. The number of aryl methyl sites for hydroxylation is 2. The third-order valence-corrected chi connectivity index (χ3v) is 11.6. The molecule has 66 heavy (non-hydrogen) atoms. The number of phenols is 1. The summed E-state index contributed by atoms with van der Waals surface area (Å²) >= 11 is 0. The molecule has 2 aromatic heterocycles. The van der Waals surface area contributed by atoms with Crippen molar-refractivity contribution in [1.29, 1.82) is 0 Å². The maximum atomic E-state index is 12.0. The summed E-state index contributed by atoms with van der Waals surface area (Å²) in [5, 5.41) is 12.0. The van der Waals surface area contributed by atoms with Crippen LogP contribution in [0.25, 0.3) is 83.9 Å². The van der Waals surface area contributed by atoms with Crippen molar-refractivity contribution >= 4 is 11.0 Å². The summed E-state index contributed by atoms with van der Waals surface area (Å²) in [5.41, 5.74) is 2.32. The maximum Gasteiger partial charge on any atom is 0.148 e. The standard InChI is InChI=1S/C61H58N3O.Pt/c1-38(2)44-23-28-55(52(36-44)43-21-26-50(27-22-43)61(8,9)10)64-56-18-14-17-51(57(56)63-59(64)53-32-39(3)31-40(4)58(53)65)47-33-46(41-15-12-11-13-16-41)34-48(35-47)54-37-45(29-30-62-54)42-19-24-49(25-20-42)60(5,6)7;/h11-34,36-38,65H,1-10H3;/q-1;/i5D3,6D3,7D3,19D,20D,24D,25D,29D,30D,37D,38D;. The van der Waals surface area contributed by atoms with Crippen molar-refractivity contribution in [2.45, 2.75) is 85.7 Å². The first-order chi connectivity index (χ1) is 38.0. The number of aromatic hydroxyl groups is 1. The van der Waals surface area contributed by atoms with Crippen molar-refractivity contribution in [3.8, 4) is 78.6 Å².